The molecule has 1 heterocycles. The van der Waals surface area contributed by atoms with Crippen molar-refractivity contribution in [3.05, 3.63) is 65.7 Å². The molecule has 3 rings (SSSR count). The fourth-order valence-corrected chi connectivity index (χ4v) is 8.16. The molecule has 27 heavy (non-hydrogen) atoms. The number of aryl methyl sites for hydroxylation is 2. The Bertz CT molecular complexity index is 968. The van der Waals surface area contributed by atoms with E-state index in [-0.39, 0.29) is 16.4 Å². The van der Waals surface area contributed by atoms with Crippen molar-refractivity contribution in [2.24, 2.45) is 0 Å². The van der Waals surface area contributed by atoms with E-state index < -0.39 is 31.0 Å². The maximum atomic E-state index is 13.0. The van der Waals surface area contributed by atoms with Crippen LogP contribution in [0.25, 0.3) is 0 Å². The number of rotatable bonds is 7. The molecule has 0 aliphatic carbocycles. The molecule has 0 radical (unpaired) electrons. The molecule has 2 aromatic carbocycles. The summed E-state index contributed by atoms with van der Waals surface area (Å²) in [6.07, 6.45) is 1.68. The summed E-state index contributed by atoms with van der Waals surface area (Å²) in [6.45, 7) is 2.46. The van der Waals surface area contributed by atoms with E-state index in [0.717, 1.165) is 18.4 Å². The van der Waals surface area contributed by atoms with E-state index in [1.54, 1.807) is 24.3 Å². The average Bonchev–Trinajstić information content (AvgIpc) is 2.95. The summed E-state index contributed by atoms with van der Waals surface area (Å²) < 4.78 is 50.3. The molecular weight excluding hydrogens is 382 g/mol. The number of nitrogens with one attached hydrogen (secondary N) is 1. The van der Waals surface area contributed by atoms with Gasteiger partial charge in [0.2, 0.25) is 0 Å². The molecular formula is C20H25NO4S2. The lowest BCUT2D eigenvalue weighted by Gasteiger charge is -2.20. The van der Waals surface area contributed by atoms with Gasteiger partial charge in [-0.25, -0.2) is 16.8 Å². The molecule has 0 bridgehead atoms. The van der Waals surface area contributed by atoms with Gasteiger partial charge in [0.1, 0.15) is 0 Å². The van der Waals surface area contributed by atoms with Crippen molar-refractivity contribution in [1.29, 1.82) is 0 Å². The Balaban J connectivity index is 1.68. The third-order valence-electron chi connectivity index (χ3n) is 4.94. The number of sulfone groups is 2. The van der Waals surface area contributed by atoms with Crippen LogP contribution in [-0.2, 0) is 26.1 Å². The SMILES string of the molecule is Cc1ccc(S(=O)(=O)C2CS(=O)(=O)CC2NCCCc2ccccc2)cc1. The van der Waals surface area contributed by atoms with Gasteiger partial charge in [-0.05, 0) is 44.0 Å². The second-order valence-corrected chi connectivity index (χ2v) is 11.4. The first-order valence-corrected chi connectivity index (χ1v) is 12.4. The van der Waals surface area contributed by atoms with E-state index in [0.29, 0.717) is 6.54 Å². The Morgan fingerprint density at radius 1 is 1.00 bits per heavy atom. The largest absolute Gasteiger partial charge is 0.312 e. The van der Waals surface area contributed by atoms with Crippen molar-refractivity contribution >= 4 is 19.7 Å². The fraction of sp³-hybridized carbons (Fsp3) is 0.400. The number of hydrogen-bond acceptors (Lipinski definition) is 5. The highest BCUT2D eigenvalue weighted by Gasteiger charge is 2.45. The molecule has 2 atom stereocenters. The lowest BCUT2D eigenvalue weighted by atomic mass is 10.1. The van der Waals surface area contributed by atoms with E-state index in [1.807, 2.05) is 37.3 Å². The van der Waals surface area contributed by atoms with Gasteiger partial charge in [0.05, 0.1) is 21.7 Å². The topological polar surface area (TPSA) is 80.3 Å². The summed E-state index contributed by atoms with van der Waals surface area (Å²) in [5.41, 5.74) is 2.17. The summed E-state index contributed by atoms with van der Waals surface area (Å²) in [4.78, 5) is 0.186. The first kappa shape index (κ1) is 20.0. The second-order valence-electron chi connectivity index (χ2n) is 7.12. The van der Waals surface area contributed by atoms with Gasteiger partial charge >= 0.3 is 0 Å². The van der Waals surface area contributed by atoms with Crippen molar-refractivity contribution in [2.75, 3.05) is 18.1 Å². The summed E-state index contributed by atoms with van der Waals surface area (Å²) in [6, 6.07) is 16.0. The zero-order chi connectivity index (χ0) is 19.5. The molecule has 0 spiro atoms. The minimum atomic E-state index is -3.71. The van der Waals surface area contributed by atoms with Crippen molar-refractivity contribution < 1.29 is 16.8 Å². The van der Waals surface area contributed by atoms with E-state index in [4.69, 9.17) is 0 Å². The summed E-state index contributed by atoms with van der Waals surface area (Å²) in [7, 11) is -7.08. The van der Waals surface area contributed by atoms with Crippen LogP contribution >= 0.6 is 0 Å². The Labute approximate surface area is 161 Å². The maximum Gasteiger partial charge on any atom is 0.183 e. The molecule has 7 heteroatoms. The molecule has 0 aromatic heterocycles. The Kier molecular flexibility index (Phi) is 6.03. The maximum absolute atomic E-state index is 13.0. The molecule has 0 saturated carbocycles. The summed E-state index contributed by atoms with van der Waals surface area (Å²) >= 11 is 0. The predicted molar refractivity (Wildman–Crippen MR) is 107 cm³/mol. The standard InChI is InChI=1S/C20H25NO4S2/c1-16-9-11-18(12-10-16)27(24,25)20-15-26(22,23)14-19(20)21-13-5-8-17-6-3-2-4-7-17/h2-4,6-7,9-12,19-21H,5,8,13-15H2,1H3. The van der Waals surface area contributed by atoms with Gasteiger partial charge in [0, 0.05) is 6.04 Å². The fourth-order valence-electron chi connectivity index (χ4n) is 3.44. The average molecular weight is 408 g/mol. The van der Waals surface area contributed by atoms with Crippen LogP contribution in [0.15, 0.2) is 59.5 Å². The third-order valence-corrected chi connectivity index (χ3v) is 9.11. The summed E-state index contributed by atoms with van der Waals surface area (Å²) in [5, 5.41) is 2.24. The first-order valence-electron chi connectivity index (χ1n) is 9.06. The summed E-state index contributed by atoms with van der Waals surface area (Å²) in [5.74, 6) is -0.451. The van der Waals surface area contributed by atoms with Crippen molar-refractivity contribution in [3.8, 4) is 0 Å². The van der Waals surface area contributed by atoms with Gasteiger partial charge in [-0.15, -0.1) is 0 Å². The Hall–Kier alpha value is -1.70. The van der Waals surface area contributed by atoms with Gasteiger partial charge in [-0.1, -0.05) is 48.0 Å². The van der Waals surface area contributed by atoms with Crippen LogP contribution < -0.4 is 5.32 Å². The van der Waals surface area contributed by atoms with Crippen LogP contribution in [0.5, 0.6) is 0 Å². The van der Waals surface area contributed by atoms with Crippen molar-refractivity contribution in [3.63, 3.8) is 0 Å². The highest BCUT2D eigenvalue weighted by Crippen LogP contribution is 2.26. The zero-order valence-corrected chi connectivity index (χ0v) is 17.0. The molecule has 146 valence electrons. The molecule has 1 fully saturated rings. The van der Waals surface area contributed by atoms with Crippen LogP contribution in [-0.4, -0.2) is 46.2 Å². The molecule has 1 aliphatic rings. The highest BCUT2D eigenvalue weighted by molar-refractivity contribution is 7.96. The normalized spacial score (nSPS) is 22.0. The first-order chi connectivity index (χ1) is 12.8. The minimum absolute atomic E-state index is 0.131. The quantitative estimate of drug-likeness (QED) is 0.712. The minimum Gasteiger partial charge on any atom is -0.312 e. The lowest BCUT2D eigenvalue weighted by Crippen LogP contribution is -2.43. The van der Waals surface area contributed by atoms with Gasteiger partial charge in [0.25, 0.3) is 0 Å². The van der Waals surface area contributed by atoms with E-state index in [1.165, 1.54) is 5.56 Å². The number of benzene rings is 2. The molecule has 1 saturated heterocycles. The number of hydrogen-bond donors (Lipinski definition) is 1. The van der Waals surface area contributed by atoms with Crippen LogP contribution in [0.2, 0.25) is 0 Å². The highest BCUT2D eigenvalue weighted by atomic mass is 32.2. The van der Waals surface area contributed by atoms with E-state index >= 15 is 0 Å². The third kappa shape index (κ3) is 4.97. The smallest absolute Gasteiger partial charge is 0.183 e. The monoisotopic (exact) mass is 407 g/mol. The van der Waals surface area contributed by atoms with Gasteiger partial charge in [-0.3, -0.25) is 0 Å². The van der Waals surface area contributed by atoms with Crippen molar-refractivity contribution in [1.82, 2.24) is 5.32 Å². The van der Waals surface area contributed by atoms with E-state index in [9.17, 15) is 16.8 Å². The van der Waals surface area contributed by atoms with Crippen LogP contribution in [0, 0.1) is 6.92 Å². The molecule has 2 aromatic rings. The van der Waals surface area contributed by atoms with Crippen LogP contribution in [0.4, 0.5) is 0 Å². The second kappa shape index (κ2) is 8.12. The van der Waals surface area contributed by atoms with Crippen LogP contribution in [0.3, 0.4) is 0 Å². The molecule has 1 N–H and O–H groups in total. The van der Waals surface area contributed by atoms with E-state index in [2.05, 4.69) is 5.32 Å². The Morgan fingerprint density at radius 3 is 2.33 bits per heavy atom. The predicted octanol–water partition coefficient (Wildman–Crippen LogP) is 2.16. The molecule has 2 unspecified atom stereocenters. The molecule has 1 aliphatic heterocycles. The molecule has 0 amide bonds. The Morgan fingerprint density at radius 2 is 1.67 bits per heavy atom. The van der Waals surface area contributed by atoms with Crippen LogP contribution in [0.1, 0.15) is 17.5 Å². The van der Waals surface area contributed by atoms with Gasteiger partial charge in [0.15, 0.2) is 19.7 Å². The zero-order valence-electron chi connectivity index (χ0n) is 15.3. The lowest BCUT2D eigenvalue weighted by molar-refractivity contribution is 0.520. The van der Waals surface area contributed by atoms with Gasteiger partial charge in [-0.2, -0.15) is 0 Å². The molecule has 5 nitrogen and oxygen atoms in total. The van der Waals surface area contributed by atoms with Gasteiger partial charge < -0.3 is 5.32 Å². The van der Waals surface area contributed by atoms with Crippen molar-refractivity contribution in [2.45, 2.75) is 36.0 Å².